The summed E-state index contributed by atoms with van der Waals surface area (Å²) in [5.41, 5.74) is 5.48. The molecule has 0 saturated heterocycles. The fourth-order valence-electron chi connectivity index (χ4n) is 2.24. The van der Waals surface area contributed by atoms with Crippen molar-refractivity contribution >= 4 is 11.2 Å². The zero-order chi connectivity index (χ0) is 15.1. The van der Waals surface area contributed by atoms with Crippen molar-refractivity contribution in [2.75, 3.05) is 0 Å². The number of rotatable bonds is 4. The van der Waals surface area contributed by atoms with Crippen LogP contribution in [0, 0.1) is 0 Å². The van der Waals surface area contributed by atoms with Crippen molar-refractivity contribution in [1.29, 1.82) is 0 Å². The van der Waals surface area contributed by atoms with Crippen molar-refractivity contribution in [1.82, 2.24) is 19.1 Å². The molecule has 0 spiro atoms. The Balaban J connectivity index is 2.74. The summed E-state index contributed by atoms with van der Waals surface area (Å²) in [6, 6.07) is -0.0314. The quantitative estimate of drug-likeness (QED) is 0.855. The Morgan fingerprint density at radius 3 is 2.65 bits per heavy atom. The van der Waals surface area contributed by atoms with Gasteiger partial charge in [0.15, 0.2) is 11.2 Å². The molecule has 0 bridgehead atoms. The number of nitrogens with two attached hydrogens (primary N) is 1. The molecule has 1 unspecified atom stereocenters. The zero-order valence-electron chi connectivity index (χ0n) is 12.3. The third-order valence-electron chi connectivity index (χ3n) is 3.31. The summed E-state index contributed by atoms with van der Waals surface area (Å²) in [4.78, 5) is 30.6. The van der Waals surface area contributed by atoms with Crippen LogP contribution in [0.15, 0.2) is 15.9 Å². The van der Waals surface area contributed by atoms with Crippen LogP contribution in [0.1, 0.15) is 40.2 Å². The highest BCUT2D eigenvalue weighted by Crippen LogP contribution is 2.15. The van der Waals surface area contributed by atoms with Crippen molar-refractivity contribution in [3.05, 3.63) is 27.2 Å². The minimum absolute atomic E-state index is 0.0314. The van der Waals surface area contributed by atoms with Gasteiger partial charge in [-0.1, -0.05) is 6.92 Å². The van der Waals surface area contributed by atoms with E-state index in [1.165, 1.54) is 4.57 Å². The van der Waals surface area contributed by atoms with Gasteiger partial charge in [0.2, 0.25) is 0 Å². The molecule has 110 valence electrons. The Bertz CT molecular complexity index is 732. The number of H-pyrrole nitrogens is 1. The maximum Gasteiger partial charge on any atom is 0.330 e. The summed E-state index contributed by atoms with van der Waals surface area (Å²) < 4.78 is 3.23. The number of nitrogens with zero attached hydrogens (tertiary/aromatic N) is 3. The minimum atomic E-state index is -0.475. The molecule has 0 radical (unpaired) electrons. The lowest BCUT2D eigenvalue weighted by Gasteiger charge is -2.19. The molecule has 7 heteroatoms. The van der Waals surface area contributed by atoms with Crippen LogP contribution in [-0.2, 0) is 6.54 Å². The van der Waals surface area contributed by atoms with E-state index in [-0.39, 0.29) is 6.04 Å². The molecule has 0 aliphatic rings. The van der Waals surface area contributed by atoms with E-state index in [1.807, 2.05) is 27.7 Å². The average Bonchev–Trinajstić information content (AvgIpc) is 2.70. The van der Waals surface area contributed by atoms with Gasteiger partial charge in [0.05, 0.1) is 6.33 Å². The standard InChI is InChI=1S/C13H21N5O2/c1-5-8(2)18-10-9(11(19)16-12(18)20)17(7-15-10)6-13(3,4)14/h7-8H,5-6,14H2,1-4H3,(H,16,19,20). The average molecular weight is 279 g/mol. The fourth-order valence-corrected chi connectivity index (χ4v) is 2.24. The van der Waals surface area contributed by atoms with Crippen LogP contribution in [-0.4, -0.2) is 24.6 Å². The predicted molar refractivity (Wildman–Crippen MR) is 77.9 cm³/mol. The summed E-state index contributed by atoms with van der Waals surface area (Å²) in [5.74, 6) is 0. The second kappa shape index (κ2) is 4.90. The normalized spacial score (nSPS) is 13.8. The SMILES string of the molecule is CCC(C)n1c(=O)[nH]c(=O)c2c1ncn2CC(C)(C)N. The molecule has 0 amide bonds. The van der Waals surface area contributed by atoms with Crippen LogP contribution in [0.25, 0.3) is 11.2 Å². The number of nitrogens with one attached hydrogen (secondary N) is 1. The highest BCUT2D eigenvalue weighted by molar-refractivity contribution is 5.70. The van der Waals surface area contributed by atoms with Gasteiger partial charge < -0.3 is 10.3 Å². The van der Waals surface area contributed by atoms with Gasteiger partial charge in [0.1, 0.15) is 0 Å². The number of imidazole rings is 1. The predicted octanol–water partition coefficient (Wildman–Crippen LogP) is 0.595. The first-order chi connectivity index (χ1) is 9.24. The Kier molecular flexibility index (Phi) is 3.56. The van der Waals surface area contributed by atoms with Crippen LogP contribution in [0.4, 0.5) is 0 Å². The summed E-state index contributed by atoms with van der Waals surface area (Å²) >= 11 is 0. The second-order valence-electron chi connectivity index (χ2n) is 5.92. The van der Waals surface area contributed by atoms with E-state index in [1.54, 1.807) is 10.9 Å². The fraction of sp³-hybridized carbons (Fsp3) is 0.615. The molecular weight excluding hydrogens is 258 g/mol. The monoisotopic (exact) mass is 279 g/mol. The van der Waals surface area contributed by atoms with Gasteiger partial charge in [-0.2, -0.15) is 0 Å². The molecule has 0 saturated carbocycles. The molecule has 2 rings (SSSR count). The Morgan fingerprint density at radius 1 is 1.45 bits per heavy atom. The van der Waals surface area contributed by atoms with Crippen molar-refractivity contribution in [3.8, 4) is 0 Å². The van der Waals surface area contributed by atoms with Gasteiger partial charge in [-0.25, -0.2) is 9.78 Å². The Morgan fingerprint density at radius 2 is 2.10 bits per heavy atom. The van der Waals surface area contributed by atoms with E-state index < -0.39 is 16.8 Å². The highest BCUT2D eigenvalue weighted by Gasteiger charge is 2.19. The largest absolute Gasteiger partial charge is 0.330 e. The van der Waals surface area contributed by atoms with Crippen LogP contribution < -0.4 is 17.0 Å². The van der Waals surface area contributed by atoms with Crippen LogP contribution >= 0.6 is 0 Å². The van der Waals surface area contributed by atoms with Crippen LogP contribution in [0.2, 0.25) is 0 Å². The van der Waals surface area contributed by atoms with Gasteiger partial charge in [-0.3, -0.25) is 14.3 Å². The third-order valence-corrected chi connectivity index (χ3v) is 3.31. The second-order valence-corrected chi connectivity index (χ2v) is 5.92. The van der Waals surface area contributed by atoms with Crippen LogP contribution in [0.5, 0.6) is 0 Å². The molecule has 0 aliphatic carbocycles. The summed E-state index contributed by atoms with van der Waals surface area (Å²) in [6.45, 7) is 8.10. The molecule has 1 atom stereocenters. The van der Waals surface area contributed by atoms with Gasteiger partial charge in [0.25, 0.3) is 5.56 Å². The number of aromatic amines is 1. The molecule has 3 N–H and O–H groups in total. The lowest BCUT2D eigenvalue weighted by molar-refractivity contribution is 0.439. The zero-order valence-corrected chi connectivity index (χ0v) is 12.3. The number of fused-ring (bicyclic) bond motifs is 1. The first-order valence-electron chi connectivity index (χ1n) is 6.73. The third kappa shape index (κ3) is 2.53. The van der Waals surface area contributed by atoms with Gasteiger partial charge in [0, 0.05) is 18.1 Å². The molecule has 7 nitrogen and oxygen atoms in total. The lowest BCUT2D eigenvalue weighted by atomic mass is 10.1. The van der Waals surface area contributed by atoms with Crippen molar-refractivity contribution < 1.29 is 0 Å². The van der Waals surface area contributed by atoms with Gasteiger partial charge in [-0.05, 0) is 27.2 Å². The van der Waals surface area contributed by atoms with Gasteiger partial charge in [-0.15, -0.1) is 0 Å². The van der Waals surface area contributed by atoms with Gasteiger partial charge >= 0.3 is 5.69 Å². The summed E-state index contributed by atoms with van der Waals surface area (Å²) in [5, 5.41) is 0. The Labute approximate surface area is 116 Å². The molecule has 0 aromatic carbocycles. The van der Waals surface area contributed by atoms with E-state index in [0.29, 0.717) is 17.7 Å². The minimum Gasteiger partial charge on any atom is -0.324 e. The first-order valence-corrected chi connectivity index (χ1v) is 6.73. The maximum absolute atomic E-state index is 12.1. The highest BCUT2D eigenvalue weighted by atomic mass is 16.2. The maximum atomic E-state index is 12.1. The molecule has 20 heavy (non-hydrogen) atoms. The topological polar surface area (TPSA) is 98.7 Å². The first kappa shape index (κ1) is 14.5. The van der Waals surface area contributed by atoms with E-state index in [2.05, 4.69) is 9.97 Å². The molecular formula is C13H21N5O2. The number of hydrogen-bond donors (Lipinski definition) is 2. The van der Waals surface area contributed by atoms with E-state index in [0.717, 1.165) is 6.42 Å². The molecule has 0 fully saturated rings. The molecule has 0 aliphatic heterocycles. The van der Waals surface area contributed by atoms with E-state index >= 15 is 0 Å². The number of aromatic nitrogens is 4. The lowest BCUT2D eigenvalue weighted by Crippen LogP contribution is -2.38. The molecule has 2 aromatic rings. The van der Waals surface area contributed by atoms with Crippen molar-refractivity contribution in [2.45, 2.75) is 52.2 Å². The van der Waals surface area contributed by atoms with Crippen molar-refractivity contribution in [2.24, 2.45) is 5.73 Å². The summed E-state index contributed by atoms with van der Waals surface area (Å²) in [7, 11) is 0. The molecule has 2 heterocycles. The number of hydrogen-bond acceptors (Lipinski definition) is 4. The molecule has 2 aromatic heterocycles. The summed E-state index contributed by atoms with van der Waals surface area (Å²) in [6.07, 6.45) is 2.34. The Hall–Kier alpha value is -1.89. The smallest absolute Gasteiger partial charge is 0.324 e. The van der Waals surface area contributed by atoms with E-state index in [4.69, 9.17) is 5.73 Å². The van der Waals surface area contributed by atoms with Crippen molar-refractivity contribution in [3.63, 3.8) is 0 Å². The van der Waals surface area contributed by atoms with Crippen LogP contribution in [0.3, 0.4) is 0 Å². The van der Waals surface area contributed by atoms with E-state index in [9.17, 15) is 9.59 Å².